The normalized spacial score (nSPS) is 10.3. The van der Waals surface area contributed by atoms with Gasteiger partial charge in [0.15, 0.2) is 0 Å². The van der Waals surface area contributed by atoms with Crippen molar-refractivity contribution < 1.29 is 9.53 Å². The minimum absolute atomic E-state index is 0.187. The monoisotopic (exact) mass is 354 g/mol. The first kappa shape index (κ1) is 16.7. The van der Waals surface area contributed by atoms with Crippen molar-refractivity contribution >= 4 is 23.3 Å². The number of hydrogen-bond acceptors (Lipinski definition) is 5. The number of rotatable bonds is 5. The van der Waals surface area contributed by atoms with Crippen LogP contribution in [0.5, 0.6) is 11.5 Å². The van der Waals surface area contributed by atoms with E-state index in [1.54, 1.807) is 60.8 Å². The van der Waals surface area contributed by atoms with Crippen LogP contribution in [-0.4, -0.2) is 15.9 Å². The Morgan fingerprint density at radius 3 is 2.68 bits per heavy atom. The van der Waals surface area contributed by atoms with E-state index in [9.17, 15) is 4.79 Å². The Morgan fingerprint density at radius 2 is 1.92 bits per heavy atom. The van der Waals surface area contributed by atoms with Gasteiger partial charge in [0.1, 0.15) is 23.1 Å². The topological polar surface area (TPSA) is 90.1 Å². The smallest absolute Gasteiger partial charge is 0.251 e. The molecule has 0 aliphatic rings. The molecule has 0 saturated carbocycles. The van der Waals surface area contributed by atoms with Crippen molar-refractivity contribution in [2.24, 2.45) is 0 Å². The maximum absolute atomic E-state index is 12.3. The van der Waals surface area contributed by atoms with E-state index >= 15 is 0 Å². The number of carbonyl (C=O) groups excluding carboxylic acids is 1. The fourth-order valence-electron chi connectivity index (χ4n) is 2.10. The Labute approximate surface area is 149 Å². The van der Waals surface area contributed by atoms with Gasteiger partial charge in [-0.15, -0.1) is 0 Å². The molecule has 1 heterocycles. The largest absolute Gasteiger partial charge is 0.457 e. The summed E-state index contributed by atoms with van der Waals surface area (Å²) in [6.07, 6.45) is 1.55. The molecule has 2 aromatic carbocycles. The number of nitrogens with zero attached hydrogens (tertiary/aromatic N) is 2. The number of ether oxygens (including phenoxy) is 1. The van der Waals surface area contributed by atoms with E-state index in [1.165, 1.54) is 0 Å². The molecule has 0 saturated heterocycles. The van der Waals surface area contributed by atoms with Gasteiger partial charge in [0, 0.05) is 16.8 Å². The summed E-state index contributed by atoms with van der Waals surface area (Å²) in [4.78, 5) is 20.4. The molecule has 0 aliphatic heterocycles. The predicted molar refractivity (Wildman–Crippen MR) is 95.6 cm³/mol. The van der Waals surface area contributed by atoms with Crippen LogP contribution in [0.3, 0.4) is 0 Å². The number of nitrogens with two attached hydrogens (primary N) is 1. The molecule has 0 aliphatic carbocycles. The first-order valence-corrected chi connectivity index (χ1v) is 7.87. The number of carbonyl (C=O) groups is 1. The average Bonchev–Trinajstić information content (AvgIpc) is 2.62. The highest BCUT2D eigenvalue weighted by Crippen LogP contribution is 2.23. The number of benzene rings is 2. The third kappa shape index (κ3) is 4.68. The van der Waals surface area contributed by atoms with E-state index in [0.29, 0.717) is 33.7 Å². The second-order valence-electron chi connectivity index (χ2n) is 5.16. The lowest BCUT2D eigenvalue weighted by Gasteiger charge is -2.08. The third-order valence-corrected chi connectivity index (χ3v) is 3.53. The number of nitrogen functional groups attached to an aromatic ring is 1. The molecular weight excluding hydrogens is 340 g/mol. The van der Waals surface area contributed by atoms with Crippen LogP contribution in [-0.2, 0) is 6.54 Å². The molecular formula is C18H15ClN4O2. The Kier molecular flexibility index (Phi) is 5.11. The molecule has 3 rings (SSSR count). The maximum Gasteiger partial charge on any atom is 0.251 e. The Bertz CT molecular complexity index is 884. The molecule has 3 aromatic rings. The quantitative estimate of drug-likeness (QED) is 0.732. The summed E-state index contributed by atoms with van der Waals surface area (Å²) in [7, 11) is 0. The second kappa shape index (κ2) is 7.63. The molecule has 126 valence electrons. The SMILES string of the molecule is Nc1ccnc(CNC(=O)c2cccc(Oc3ccc(Cl)cc3)c2)n1. The van der Waals surface area contributed by atoms with E-state index in [0.717, 1.165) is 0 Å². The minimum atomic E-state index is -0.257. The highest BCUT2D eigenvalue weighted by atomic mass is 35.5. The first-order chi connectivity index (χ1) is 12.1. The summed E-state index contributed by atoms with van der Waals surface area (Å²) in [5.41, 5.74) is 6.06. The fourth-order valence-corrected chi connectivity index (χ4v) is 2.23. The summed E-state index contributed by atoms with van der Waals surface area (Å²) in [6, 6.07) is 15.4. The minimum Gasteiger partial charge on any atom is -0.457 e. The van der Waals surface area contributed by atoms with Gasteiger partial charge in [-0.05, 0) is 48.5 Å². The average molecular weight is 355 g/mol. The van der Waals surface area contributed by atoms with E-state index in [4.69, 9.17) is 22.1 Å². The Balaban J connectivity index is 1.65. The number of amides is 1. The van der Waals surface area contributed by atoms with Gasteiger partial charge in [-0.2, -0.15) is 0 Å². The van der Waals surface area contributed by atoms with E-state index in [1.807, 2.05) is 0 Å². The summed E-state index contributed by atoms with van der Waals surface area (Å²) < 4.78 is 5.72. The second-order valence-corrected chi connectivity index (χ2v) is 5.60. The van der Waals surface area contributed by atoms with Crippen LogP contribution in [0, 0.1) is 0 Å². The molecule has 0 unspecified atom stereocenters. The lowest BCUT2D eigenvalue weighted by molar-refractivity contribution is 0.0949. The van der Waals surface area contributed by atoms with Crippen molar-refractivity contribution in [3.8, 4) is 11.5 Å². The van der Waals surface area contributed by atoms with Crippen molar-refractivity contribution in [1.82, 2.24) is 15.3 Å². The lowest BCUT2D eigenvalue weighted by atomic mass is 10.2. The third-order valence-electron chi connectivity index (χ3n) is 3.28. The number of anilines is 1. The van der Waals surface area contributed by atoms with Crippen LogP contribution in [0.15, 0.2) is 60.8 Å². The molecule has 3 N–H and O–H groups in total. The van der Waals surface area contributed by atoms with Gasteiger partial charge < -0.3 is 15.8 Å². The molecule has 0 radical (unpaired) electrons. The molecule has 6 nitrogen and oxygen atoms in total. The fraction of sp³-hybridized carbons (Fsp3) is 0.0556. The predicted octanol–water partition coefficient (Wildman–Crippen LogP) is 3.43. The molecule has 0 atom stereocenters. The van der Waals surface area contributed by atoms with Crippen LogP contribution in [0.4, 0.5) is 5.82 Å². The maximum atomic E-state index is 12.3. The number of halogens is 1. The van der Waals surface area contributed by atoms with Crippen LogP contribution in [0.2, 0.25) is 5.02 Å². The summed E-state index contributed by atoms with van der Waals surface area (Å²) >= 11 is 5.85. The standard InChI is InChI=1S/C18H15ClN4O2/c19-13-4-6-14(7-5-13)25-15-3-1-2-12(10-15)18(24)22-11-17-21-9-8-16(20)23-17/h1-10H,11H2,(H,22,24)(H2,20,21,23). The van der Waals surface area contributed by atoms with E-state index in [-0.39, 0.29) is 12.5 Å². The number of nitrogens with one attached hydrogen (secondary N) is 1. The van der Waals surface area contributed by atoms with Gasteiger partial charge in [-0.1, -0.05) is 17.7 Å². The Hall–Kier alpha value is -3.12. The summed E-state index contributed by atoms with van der Waals surface area (Å²) in [5.74, 6) is 1.73. The van der Waals surface area contributed by atoms with Crippen LogP contribution in [0.25, 0.3) is 0 Å². The van der Waals surface area contributed by atoms with Crippen LogP contribution < -0.4 is 15.8 Å². The van der Waals surface area contributed by atoms with Crippen molar-refractivity contribution in [1.29, 1.82) is 0 Å². The first-order valence-electron chi connectivity index (χ1n) is 7.49. The molecule has 0 spiro atoms. The van der Waals surface area contributed by atoms with Gasteiger partial charge in [-0.25, -0.2) is 9.97 Å². The summed E-state index contributed by atoms with van der Waals surface area (Å²) in [5, 5.41) is 3.38. The van der Waals surface area contributed by atoms with Crippen molar-refractivity contribution in [2.75, 3.05) is 5.73 Å². The van der Waals surface area contributed by atoms with Crippen molar-refractivity contribution in [2.45, 2.75) is 6.54 Å². The van der Waals surface area contributed by atoms with E-state index < -0.39 is 0 Å². The number of hydrogen-bond donors (Lipinski definition) is 2. The van der Waals surface area contributed by atoms with Gasteiger partial charge in [0.2, 0.25) is 0 Å². The highest BCUT2D eigenvalue weighted by Gasteiger charge is 2.08. The van der Waals surface area contributed by atoms with Gasteiger partial charge in [0.25, 0.3) is 5.91 Å². The van der Waals surface area contributed by atoms with E-state index in [2.05, 4.69) is 15.3 Å². The summed E-state index contributed by atoms with van der Waals surface area (Å²) in [6.45, 7) is 0.187. The highest BCUT2D eigenvalue weighted by molar-refractivity contribution is 6.30. The van der Waals surface area contributed by atoms with Gasteiger partial charge in [0.05, 0.1) is 6.54 Å². The number of aromatic nitrogens is 2. The zero-order valence-corrected chi connectivity index (χ0v) is 13.9. The van der Waals surface area contributed by atoms with Crippen molar-refractivity contribution in [3.63, 3.8) is 0 Å². The van der Waals surface area contributed by atoms with Crippen LogP contribution >= 0.6 is 11.6 Å². The lowest BCUT2D eigenvalue weighted by Crippen LogP contribution is -2.24. The molecule has 1 amide bonds. The van der Waals surface area contributed by atoms with Gasteiger partial charge >= 0.3 is 0 Å². The molecule has 0 fully saturated rings. The zero-order valence-electron chi connectivity index (χ0n) is 13.1. The molecule has 25 heavy (non-hydrogen) atoms. The van der Waals surface area contributed by atoms with Gasteiger partial charge in [-0.3, -0.25) is 4.79 Å². The van der Waals surface area contributed by atoms with Crippen molar-refractivity contribution in [3.05, 3.63) is 77.2 Å². The van der Waals surface area contributed by atoms with Crippen LogP contribution in [0.1, 0.15) is 16.2 Å². The zero-order chi connectivity index (χ0) is 17.6. The Morgan fingerprint density at radius 1 is 1.12 bits per heavy atom. The molecule has 7 heteroatoms. The molecule has 1 aromatic heterocycles. The molecule has 0 bridgehead atoms.